The van der Waals surface area contributed by atoms with E-state index >= 15 is 0 Å². The third-order valence-corrected chi connectivity index (χ3v) is 3.63. The summed E-state index contributed by atoms with van der Waals surface area (Å²) >= 11 is 12.3. The Labute approximate surface area is 137 Å². The molecule has 0 saturated carbocycles. The molecule has 1 aromatic carbocycles. The first-order valence-corrected chi connectivity index (χ1v) is 7.29. The molecule has 0 aliphatic carbocycles. The lowest BCUT2D eigenvalue weighted by Crippen LogP contribution is -2.23. The second-order valence-corrected chi connectivity index (χ2v) is 5.20. The Morgan fingerprint density at radius 1 is 1.27 bits per heavy atom. The maximum absolute atomic E-state index is 6.38. The van der Waals surface area contributed by atoms with Crippen molar-refractivity contribution in [3.8, 4) is 11.5 Å². The predicted molar refractivity (Wildman–Crippen MR) is 83.5 cm³/mol. The predicted octanol–water partition coefficient (Wildman–Crippen LogP) is 3.30. The maximum atomic E-state index is 6.38. The number of halogens is 2. The summed E-state index contributed by atoms with van der Waals surface area (Å²) in [5.74, 6) is 1.82. The Morgan fingerprint density at radius 2 is 2.14 bits per heavy atom. The van der Waals surface area contributed by atoms with Gasteiger partial charge in [0.05, 0.1) is 11.6 Å². The van der Waals surface area contributed by atoms with E-state index in [1.807, 2.05) is 4.90 Å². The van der Waals surface area contributed by atoms with Crippen LogP contribution in [0.2, 0.25) is 10.3 Å². The van der Waals surface area contributed by atoms with Crippen LogP contribution in [0.1, 0.15) is 0 Å². The van der Waals surface area contributed by atoms with Crippen LogP contribution in [-0.2, 0) is 4.74 Å². The molecule has 0 amide bonds. The van der Waals surface area contributed by atoms with Crippen molar-refractivity contribution in [1.82, 2.24) is 9.97 Å². The van der Waals surface area contributed by atoms with Crippen molar-refractivity contribution in [2.75, 3.05) is 32.0 Å². The smallest absolute Gasteiger partial charge is 0.231 e. The topological polar surface area (TPSA) is 56.7 Å². The van der Waals surface area contributed by atoms with Crippen LogP contribution in [0.15, 0.2) is 24.4 Å². The van der Waals surface area contributed by atoms with Crippen LogP contribution in [0.4, 0.5) is 11.5 Å². The number of rotatable bonds is 5. The van der Waals surface area contributed by atoms with Gasteiger partial charge in [0, 0.05) is 19.9 Å². The van der Waals surface area contributed by atoms with Crippen LogP contribution in [0.3, 0.4) is 0 Å². The van der Waals surface area contributed by atoms with Gasteiger partial charge >= 0.3 is 0 Å². The van der Waals surface area contributed by atoms with E-state index in [9.17, 15) is 0 Å². The van der Waals surface area contributed by atoms with Gasteiger partial charge < -0.3 is 19.1 Å². The van der Waals surface area contributed by atoms with Crippen LogP contribution in [0.5, 0.6) is 11.5 Å². The van der Waals surface area contributed by atoms with Crippen LogP contribution >= 0.6 is 23.2 Å². The quantitative estimate of drug-likeness (QED) is 0.777. The van der Waals surface area contributed by atoms with Crippen LogP contribution < -0.4 is 14.4 Å². The Bertz CT molecular complexity index is 684. The Hall–Kier alpha value is -1.76. The molecule has 0 saturated heterocycles. The average molecular weight is 342 g/mol. The summed E-state index contributed by atoms with van der Waals surface area (Å²) in [7, 11) is 1.63. The SMILES string of the molecule is COCCN(c1ccnc(Cl)n1)c1c(Cl)ccc2c1OCO2. The first kappa shape index (κ1) is 15.1. The second-order valence-electron chi connectivity index (χ2n) is 4.46. The van der Waals surface area contributed by atoms with Crippen LogP contribution in [-0.4, -0.2) is 37.0 Å². The number of fused-ring (bicyclic) bond motifs is 1. The van der Waals surface area contributed by atoms with E-state index in [1.54, 1.807) is 31.5 Å². The minimum atomic E-state index is 0.154. The lowest BCUT2D eigenvalue weighted by atomic mass is 10.2. The highest BCUT2D eigenvalue weighted by Gasteiger charge is 2.26. The molecule has 2 aromatic rings. The van der Waals surface area contributed by atoms with Crippen molar-refractivity contribution >= 4 is 34.7 Å². The number of benzene rings is 1. The fourth-order valence-corrected chi connectivity index (χ4v) is 2.58. The average Bonchev–Trinajstić information content (AvgIpc) is 2.98. The molecule has 116 valence electrons. The van der Waals surface area contributed by atoms with Gasteiger partial charge in [-0.3, -0.25) is 0 Å². The van der Waals surface area contributed by atoms with E-state index in [0.29, 0.717) is 41.2 Å². The molecular formula is C14H13Cl2N3O3. The number of hydrogen-bond donors (Lipinski definition) is 0. The number of methoxy groups -OCH3 is 1. The number of aromatic nitrogens is 2. The molecule has 8 heteroatoms. The lowest BCUT2D eigenvalue weighted by Gasteiger charge is -2.25. The molecule has 22 heavy (non-hydrogen) atoms. The van der Waals surface area contributed by atoms with Gasteiger partial charge in [0.15, 0.2) is 11.5 Å². The Morgan fingerprint density at radius 3 is 2.91 bits per heavy atom. The molecule has 1 aliphatic heterocycles. The summed E-state index contributed by atoms with van der Waals surface area (Å²) in [5.41, 5.74) is 0.670. The largest absolute Gasteiger partial charge is 0.454 e. The van der Waals surface area contributed by atoms with Gasteiger partial charge in [0.2, 0.25) is 12.1 Å². The molecule has 0 N–H and O–H groups in total. The monoisotopic (exact) mass is 341 g/mol. The van der Waals surface area contributed by atoms with Crippen molar-refractivity contribution in [1.29, 1.82) is 0 Å². The first-order chi connectivity index (χ1) is 10.7. The van der Waals surface area contributed by atoms with E-state index in [-0.39, 0.29) is 12.1 Å². The highest BCUT2D eigenvalue weighted by molar-refractivity contribution is 6.34. The zero-order chi connectivity index (χ0) is 15.5. The van der Waals surface area contributed by atoms with E-state index in [0.717, 1.165) is 0 Å². The summed E-state index contributed by atoms with van der Waals surface area (Å²) in [6.07, 6.45) is 1.58. The molecule has 2 heterocycles. The van der Waals surface area contributed by atoms with Crippen molar-refractivity contribution < 1.29 is 14.2 Å². The van der Waals surface area contributed by atoms with Crippen molar-refractivity contribution in [2.45, 2.75) is 0 Å². The number of anilines is 2. The fourth-order valence-electron chi connectivity index (χ4n) is 2.19. The normalized spacial score (nSPS) is 12.5. The molecular weight excluding hydrogens is 329 g/mol. The third kappa shape index (κ3) is 2.90. The van der Waals surface area contributed by atoms with E-state index < -0.39 is 0 Å². The van der Waals surface area contributed by atoms with E-state index in [2.05, 4.69) is 9.97 Å². The van der Waals surface area contributed by atoms with Gasteiger partial charge in [-0.25, -0.2) is 9.97 Å². The summed E-state index contributed by atoms with van der Waals surface area (Å²) in [6, 6.07) is 5.27. The maximum Gasteiger partial charge on any atom is 0.231 e. The zero-order valence-electron chi connectivity index (χ0n) is 11.8. The number of ether oxygens (including phenoxy) is 3. The third-order valence-electron chi connectivity index (χ3n) is 3.14. The molecule has 0 bridgehead atoms. The molecule has 0 spiro atoms. The number of hydrogen-bond acceptors (Lipinski definition) is 6. The molecule has 0 fully saturated rings. The Kier molecular flexibility index (Phi) is 4.52. The van der Waals surface area contributed by atoms with E-state index in [1.165, 1.54) is 0 Å². The Balaban J connectivity index is 2.09. The molecule has 1 aliphatic rings. The summed E-state index contributed by atoms with van der Waals surface area (Å²) < 4.78 is 16.1. The number of nitrogens with zero attached hydrogens (tertiary/aromatic N) is 3. The van der Waals surface area contributed by atoms with Gasteiger partial charge in [-0.05, 0) is 29.8 Å². The minimum Gasteiger partial charge on any atom is -0.454 e. The van der Waals surface area contributed by atoms with Crippen molar-refractivity contribution in [2.24, 2.45) is 0 Å². The first-order valence-electron chi connectivity index (χ1n) is 6.54. The van der Waals surface area contributed by atoms with Gasteiger partial charge in [-0.15, -0.1) is 0 Å². The van der Waals surface area contributed by atoms with Crippen LogP contribution in [0.25, 0.3) is 0 Å². The molecule has 3 rings (SSSR count). The van der Waals surface area contributed by atoms with Gasteiger partial charge in [-0.2, -0.15) is 0 Å². The van der Waals surface area contributed by atoms with Gasteiger partial charge in [0.1, 0.15) is 11.5 Å². The minimum absolute atomic E-state index is 0.154. The molecule has 0 unspecified atom stereocenters. The summed E-state index contributed by atoms with van der Waals surface area (Å²) in [4.78, 5) is 10.0. The second kappa shape index (κ2) is 6.56. The summed E-state index contributed by atoms with van der Waals surface area (Å²) in [6.45, 7) is 1.15. The zero-order valence-corrected chi connectivity index (χ0v) is 13.3. The molecule has 0 atom stereocenters. The highest BCUT2D eigenvalue weighted by Crippen LogP contribution is 2.47. The summed E-state index contributed by atoms with van der Waals surface area (Å²) in [5, 5.41) is 0.677. The highest BCUT2D eigenvalue weighted by atomic mass is 35.5. The fraction of sp³-hybridized carbons (Fsp3) is 0.286. The standard InChI is InChI=1S/C14H13Cl2N3O3/c1-20-7-6-19(11-4-5-17-14(16)18-11)12-9(15)2-3-10-13(12)22-8-21-10/h2-5H,6-8H2,1H3. The molecule has 0 radical (unpaired) electrons. The van der Waals surface area contributed by atoms with Gasteiger partial charge in [-0.1, -0.05) is 11.6 Å². The molecule has 6 nitrogen and oxygen atoms in total. The van der Waals surface area contributed by atoms with Crippen molar-refractivity contribution in [3.05, 3.63) is 34.7 Å². The molecule has 1 aromatic heterocycles. The van der Waals surface area contributed by atoms with Gasteiger partial charge in [0.25, 0.3) is 0 Å². The van der Waals surface area contributed by atoms with E-state index in [4.69, 9.17) is 37.4 Å². The van der Waals surface area contributed by atoms with Crippen LogP contribution in [0, 0.1) is 0 Å². The lowest BCUT2D eigenvalue weighted by molar-refractivity contribution is 0.174. The van der Waals surface area contributed by atoms with Crippen molar-refractivity contribution in [3.63, 3.8) is 0 Å².